The summed E-state index contributed by atoms with van der Waals surface area (Å²) in [4.78, 5) is 38.9. The second-order valence-electron chi connectivity index (χ2n) is 7.55. The minimum atomic E-state index is -0.488. The normalized spacial score (nSPS) is 15.5. The summed E-state index contributed by atoms with van der Waals surface area (Å²) in [6.07, 6.45) is 1.71. The molecule has 3 rings (SSSR count). The number of amides is 3. The van der Waals surface area contributed by atoms with E-state index in [0.29, 0.717) is 44.0 Å². The molecule has 32 heavy (non-hydrogen) atoms. The third-order valence-electron chi connectivity index (χ3n) is 5.18. The third kappa shape index (κ3) is 6.73. The van der Waals surface area contributed by atoms with Crippen LogP contribution in [0.25, 0.3) is 0 Å². The Labute approximate surface area is 187 Å². The van der Waals surface area contributed by atoms with E-state index < -0.39 is 5.91 Å². The molecule has 1 heterocycles. The zero-order valence-corrected chi connectivity index (χ0v) is 18.2. The number of para-hydroxylation sites is 2. The van der Waals surface area contributed by atoms with E-state index >= 15 is 0 Å². The van der Waals surface area contributed by atoms with Crippen LogP contribution in [0.15, 0.2) is 54.6 Å². The van der Waals surface area contributed by atoms with Crippen molar-refractivity contribution in [1.82, 2.24) is 15.8 Å². The molecule has 1 saturated heterocycles. The van der Waals surface area contributed by atoms with E-state index in [-0.39, 0.29) is 24.3 Å². The average molecular weight is 440 g/mol. The quantitative estimate of drug-likeness (QED) is 0.614. The van der Waals surface area contributed by atoms with E-state index in [1.165, 1.54) is 0 Å². The zero-order chi connectivity index (χ0) is 22.8. The van der Waals surface area contributed by atoms with E-state index in [2.05, 4.69) is 10.9 Å². The highest BCUT2D eigenvalue weighted by Crippen LogP contribution is 2.26. The van der Waals surface area contributed by atoms with Gasteiger partial charge >= 0.3 is 0 Å². The van der Waals surface area contributed by atoms with Gasteiger partial charge in [0.05, 0.1) is 18.9 Å². The maximum Gasteiger partial charge on any atom is 0.276 e. The van der Waals surface area contributed by atoms with Gasteiger partial charge in [-0.3, -0.25) is 25.2 Å². The van der Waals surface area contributed by atoms with Crippen molar-refractivity contribution >= 4 is 17.7 Å². The molecule has 1 atom stereocenters. The molecule has 8 heteroatoms. The first-order valence-corrected chi connectivity index (χ1v) is 10.8. The number of likely N-dealkylation sites (tertiary alicyclic amines) is 1. The molecular formula is C24H29N3O5. The molecule has 170 valence electrons. The summed E-state index contributed by atoms with van der Waals surface area (Å²) in [6.45, 7) is 3.05. The molecule has 1 aliphatic heterocycles. The Balaban J connectivity index is 1.43. The Morgan fingerprint density at radius 3 is 2.38 bits per heavy atom. The fourth-order valence-electron chi connectivity index (χ4n) is 3.56. The molecular weight excluding hydrogens is 410 g/mol. The molecule has 0 spiro atoms. The minimum absolute atomic E-state index is 0.000834. The van der Waals surface area contributed by atoms with Crippen molar-refractivity contribution in [2.75, 3.05) is 26.3 Å². The van der Waals surface area contributed by atoms with Gasteiger partial charge in [0, 0.05) is 13.1 Å². The maximum absolute atomic E-state index is 12.6. The van der Waals surface area contributed by atoms with Crippen molar-refractivity contribution in [2.24, 2.45) is 5.92 Å². The van der Waals surface area contributed by atoms with Crippen molar-refractivity contribution in [3.63, 3.8) is 0 Å². The highest BCUT2D eigenvalue weighted by molar-refractivity contribution is 5.85. The van der Waals surface area contributed by atoms with Gasteiger partial charge in [-0.2, -0.15) is 0 Å². The average Bonchev–Trinajstić information content (AvgIpc) is 2.83. The van der Waals surface area contributed by atoms with E-state index in [9.17, 15) is 14.4 Å². The topological polar surface area (TPSA) is 97.0 Å². The molecule has 2 aromatic carbocycles. The van der Waals surface area contributed by atoms with Crippen molar-refractivity contribution in [2.45, 2.75) is 26.2 Å². The highest BCUT2D eigenvalue weighted by Gasteiger charge is 2.28. The fourth-order valence-corrected chi connectivity index (χ4v) is 3.56. The molecule has 1 unspecified atom stereocenters. The van der Waals surface area contributed by atoms with Crippen LogP contribution < -0.4 is 20.3 Å². The number of hydrazine groups is 1. The van der Waals surface area contributed by atoms with Crippen LogP contribution in [0.5, 0.6) is 11.5 Å². The summed E-state index contributed by atoms with van der Waals surface area (Å²) in [5, 5.41) is 0. The van der Waals surface area contributed by atoms with Crippen LogP contribution in [-0.4, -0.2) is 48.9 Å². The lowest BCUT2D eigenvalue weighted by atomic mass is 9.97. The number of benzene rings is 2. The maximum atomic E-state index is 12.6. The van der Waals surface area contributed by atoms with Crippen LogP contribution in [0.3, 0.4) is 0 Å². The van der Waals surface area contributed by atoms with Crippen LogP contribution in [0.1, 0.15) is 25.3 Å². The van der Waals surface area contributed by atoms with E-state index in [1.807, 2.05) is 43.3 Å². The number of nitrogens with zero attached hydrogens (tertiary/aromatic N) is 1. The molecule has 3 amide bonds. The van der Waals surface area contributed by atoms with Gasteiger partial charge in [-0.05, 0) is 37.5 Å². The molecule has 0 radical (unpaired) electrons. The molecule has 0 saturated carbocycles. The molecule has 0 bridgehead atoms. The van der Waals surface area contributed by atoms with Gasteiger partial charge in [-0.15, -0.1) is 0 Å². The SMILES string of the molecule is CCOc1ccccc1OCC(=O)NNC(=O)C1CCCN(C(=O)Cc2ccccc2)C1. The first-order chi connectivity index (χ1) is 15.6. The smallest absolute Gasteiger partial charge is 0.276 e. The predicted octanol–water partition coefficient (Wildman–Crippen LogP) is 2.09. The first kappa shape index (κ1) is 23.1. The number of rotatable bonds is 8. The molecule has 0 aromatic heterocycles. The Bertz CT molecular complexity index is 919. The van der Waals surface area contributed by atoms with Crippen molar-refractivity contribution < 1.29 is 23.9 Å². The molecule has 0 aliphatic carbocycles. The number of nitrogens with one attached hydrogen (secondary N) is 2. The number of hydrogen-bond acceptors (Lipinski definition) is 5. The van der Waals surface area contributed by atoms with Gasteiger partial charge in [-0.1, -0.05) is 42.5 Å². The van der Waals surface area contributed by atoms with Crippen LogP contribution in [-0.2, 0) is 20.8 Å². The lowest BCUT2D eigenvalue weighted by Crippen LogP contribution is -2.51. The summed E-state index contributed by atoms with van der Waals surface area (Å²) in [7, 11) is 0. The fraction of sp³-hybridized carbons (Fsp3) is 0.375. The monoisotopic (exact) mass is 439 g/mol. The number of piperidine rings is 1. The first-order valence-electron chi connectivity index (χ1n) is 10.8. The lowest BCUT2D eigenvalue weighted by molar-refractivity contribution is -0.137. The van der Waals surface area contributed by atoms with Gasteiger partial charge in [-0.25, -0.2) is 0 Å². The number of carbonyl (C=O) groups is 3. The Hall–Kier alpha value is -3.55. The molecule has 8 nitrogen and oxygen atoms in total. The zero-order valence-electron chi connectivity index (χ0n) is 18.2. The van der Waals surface area contributed by atoms with Crippen LogP contribution in [0, 0.1) is 5.92 Å². The van der Waals surface area contributed by atoms with E-state index in [1.54, 1.807) is 23.1 Å². The number of hydrogen-bond donors (Lipinski definition) is 2. The standard InChI is InChI=1S/C24H29N3O5/c1-2-31-20-12-6-7-13-21(20)32-17-22(28)25-26-24(30)19-11-8-14-27(16-19)23(29)15-18-9-4-3-5-10-18/h3-7,9-10,12-13,19H,2,8,11,14-17H2,1H3,(H,25,28)(H,26,30). The van der Waals surface area contributed by atoms with Crippen LogP contribution >= 0.6 is 0 Å². The van der Waals surface area contributed by atoms with Crippen molar-refractivity contribution in [3.05, 3.63) is 60.2 Å². The van der Waals surface area contributed by atoms with Crippen molar-refractivity contribution in [1.29, 1.82) is 0 Å². The third-order valence-corrected chi connectivity index (χ3v) is 5.18. The van der Waals surface area contributed by atoms with Crippen LogP contribution in [0.4, 0.5) is 0 Å². The van der Waals surface area contributed by atoms with Gasteiger partial charge in [0.2, 0.25) is 11.8 Å². The summed E-state index contributed by atoms with van der Waals surface area (Å²) in [5.74, 6) is -0.171. The highest BCUT2D eigenvalue weighted by atomic mass is 16.5. The Morgan fingerprint density at radius 2 is 1.66 bits per heavy atom. The Kier molecular flexibility index (Phi) is 8.48. The Morgan fingerprint density at radius 1 is 0.969 bits per heavy atom. The molecule has 1 aliphatic rings. The molecule has 2 N–H and O–H groups in total. The number of ether oxygens (including phenoxy) is 2. The van der Waals surface area contributed by atoms with E-state index in [4.69, 9.17) is 9.47 Å². The second-order valence-corrected chi connectivity index (χ2v) is 7.55. The van der Waals surface area contributed by atoms with E-state index in [0.717, 1.165) is 12.0 Å². The summed E-state index contributed by atoms with van der Waals surface area (Å²) in [5.41, 5.74) is 5.77. The summed E-state index contributed by atoms with van der Waals surface area (Å²) < 4.78 is 10.9. The predicted molar refractivity (Wildman–Crippen MR) is 119 cm³/mol. The van der Waals surface area contributed by atoms with Gasteiger partial charge in [0.25, 0.3) is 5.91 Å². The summed E-state index contributed by atoms with van der Waals surface area (Å²) in [6, 6.07) is 16.6. The molecule has 2 aromatic rings. The van der Waals surface area contributed by atoms with Gasteiger partial charge in [0.1, 0.15) is 0 Å². The molecule has 1 fully saturated rings. The summed E-state index contributed by atoms with van der Waals surface area (Å²) >= 11 is 0. The largest absolute Gasteiger partial charge is 0.490 e. The van der Waals surface area contributed by atoms with Gasteiger partial charge in [0.15, 0.2) is 18.1 Å². The van der Waals surface area contributed by atoms with Crippen LogP contribution in [0.2, 0.25) is 0 Å². The lowest BCUT2D eigenvalue weighted by Gasteiger charge is -2.32. The minimum Gasteiger partial charge on any atom is -0.490 e. The van der Waals surface area contributed by atoms with Gasteiger partial charge < -0.3 is 14.4 Å². The second kappa shape index (κ2) is 11.7. The van der Waals surface area contributed by atoms with Crippen molar-refractivity contribution in [3.8, 4) is 11.5 Å². The number of carbonyl (C=O) groups excluding carboxylic acids is 3.